The van der Waals surface area contributed by atoms with E-state index in [1.54, 1.807) is 36.1 Å². The second-order valence-corrected chi connectivity index (χ2v) is 13.7. The molecule has 1 fully saturated rings. The topological polar surface area (TPSA) is 162 Å². The SMILES string of the molecule is C=CCO[C@@]12Oc3ccc(Oc4cccc([N+](=O)[O-])c4)cc3[C@H]3[C@H](CCCCO)[C@@H](CCCCO)C=C(C(=NOC)C[C@@H]1N(CCC)C(=O)OCC)[C@H]32. The summed E-state index contributed by atoms with van der Waals surface area (Å²) in [6, 6.07) is 10.9. The molecule has 3 aliphatic rings. The molecule has 1 amide bonds. The lowest BCUT2D eigenvalue weighted by atomic mass is 9.55. The molecule has 0 aromatic heterocycles. The predicted molar refractivity (Wildman–Crippen MR) is 199 cm³/mol. The highest BCUT2D eigenvalue weighted by atomic mass is 16.7. The molecule has 2 aromatic carbocycles. The molecule has 1 saturated carbocycles. The van der Waals surface area contributed by atoms with Crippen molar-refractivity contribution in [3.8, 4) is 17.2 Å². The van der Waals surface area contributed by atoms with E-state index in [9.17, 15) is 25.1 Å². The van der Waals surface area contributed by atoms with Gasteiger partial charge in [-0.15, -0.1) is 6.58 Å². The Kier molecular flexibility index (Phi) is 13.9. The number of benzene rings is 2. The van der Waals surface area contributed by atoms with E-state index < -0.39 is 28.8 Å². The van der Waals surface area contributed by atoms with E-state index in [0.29, 0.717) is 48.8 Å². The number of carbonyl (C=O) groups excluding carboxylic acids is 1. The van der Waals surface area contributed by atoms with Crippen molar-refractivity contribution in [3.63, 3.8) is 0 Å². The number of nitro groups is 1. The minimum absolute atomic E-state index is 0.0289. The molecule has 53 heavy (non-hydrogen) atoms. The molecule has 2 aromatic rings. The third kappa shape index (κ3) is 8.53. The maximum atomic E-state index is 13.8. The first-order valence-corrected chi connectivity index (χ1v) is 18.7. The molecule has 0 spiro atoms. The number of aliphatic hydroxyl groups is 2. The van der Waals surface area contributed by atoms with Crippen LogP contribution in [-0.2, 0) is 14.3 Å². The van der Waals surface area contributed by atoms with Crippen LogP contribution in [0.15, 0.2) is 71.9 Å². The zero-order valence-electron chi connectivity index (χ0n) is 31.0. The normalized spacial score (nSPS) is 25.0. The van der Waals surface area contributed by atoms with Crippen LogP contribution in [0.2, 0.25) is 0 Å². The Bertz CT molecular complexity index is 1650. The Morgan fingerprint density at radius 3 is 2.55 bits per heavy atom. The molecule has 0 bridgehead atoms. The predicted octanol–water partition coefficient (Wildman–Crippen LogP) is 7.52. The first kappa shape index (κ1) is 39.7. The lowest BCUT2D eigenvalue weighted by molar-refractivity contribution is -0.384. The van der Waals surface area contributed by atoms with Gasteiger partial charge in [-0.3, -0.25) is 15.0 Å². The van der Waals surface area contributed by atoms with Gasteiger partial charge >= 0.3 is 6.09 Å². The monoisotopic (exact) mass is 735 g/mol. The number of allylic oxidation sites excluding steroid dienone is 1. The maximum absolute atomic E-state index is 13.8. The van der Waals surface area contributed by atoms with Gasteiger partial charge in [0, 0.05) is 43.7 Å². The van der Waals surface area contributed by atoms with Gasteiger partial charge < -0.3 is 34.0 Å². The zero-order chi connectivity index (χ0) is 38.0. The minimum Gasteiger partial charge on any atom is -0.459 e. The van der Waals surface area contributed by atoms with Gasteiger partial charge in [-0.1, -0.05) is 43.1 Å². The molecule has 1 heterocycles. The number of fused-ring (bicyclic) bond motifs is 2. The highest BCUT2D eigenvalue weighted by Gasteiger charge is 2.65. The van der Waals surface area contributed by atoms with Crippen molar-refractivity contribution in [3.05, 3.63) is 82.4 Å². The third-order valence-electron chi connectivity index (χ3n) is 10.5. The Balaban J connectivity index is 1.76. The second kappa shape index (κ2) is 18.5. The number of ether oxygens (including phenoxy) is 4. The molecule has 288 valence electrons. The van der Waals surface area contributed by atoms with Crippen LogP contribution < -0.4 is 9.47 Å². The van der Waals surface area contributed by atoms with Crippen molar-refractivity contribution in [1.29, 1.82) is 0 Å². The number of nitro benzene ring substituents is 1. The highest BCUT2D eigenvalue weighted by Crippen LogP contribution is 2.62. The smallest absolute Gasteiger partial charge is 0.410 e. The number of aliphatic hydroxyl groups excluding tert-OH is 2. The lowest BCUT2D eigenvalue weighted by Gasteiger charge is -2.59. The van der Waals surface area contributed by atoms with Gasteiger partial charge in [0.15, 0.2) is 0 Å². The summed E-state index contributed by atoms with van der Waals surface area (Å²) in [5.41, 5.74) is 2.40. The van der Waals surface area contributed by atoms with E-state index in [-0.39, 0.29) is 56.3 Å². The van der Waals surface area contributed by atoms with E-state index in [1.807, 2.05) is 19.1 Å². The van der Waals surface area contributed by atoms with Crippen LogP contribution in [0.4, 0.5) is 10.5 Å². The fraction of sp³-hybridized carbons (Fsp3) is 0.550. The van der Waals surface area contributed by atoms with Gasteiger partial charge in [-0.05, 0) is 80.7 Å². The highest BCUT2D eigenvalue weighted by molar-refractivity contribution is 6.02. The summed E-state index contributed by atoms with van der Waals surface area (Å²) in [6.45, 7) is 8.62. The van der Waals surface area contributed by atoms with E-state index >= 15 is 0 Å². The van der Waals surface area contributed by atoms with Crippen LogP contribution in [-0.4, -0.2) is 83.8 Å². The van der Waals surface area contributed by atoms with Crippen LogP contribution in [0, 0.1) is 27.9 Å². The maximum Gasteiger partial charge on any atom is 0.410 e. The minimum atomic E-state index is -1.39. The quantitative estimate of drug-likeness (QED) is 0.0639. The summed E-state index contributed by atoms with van der Waals surface area (Å²) in [5.74, 6) is -0.642. The molecular weight excluding hydrogens is 682 g/mol. The Morgan fingerprint density at radius 1 is 1.11 bits per heavy atom. The van der Waals surface area contributed by atoms with Crippen molar-refractivity contribution in [1.82, 2.24) is 4.90 Å². The average molecular weight is 736 g/mol. The Hall–Kier alpha value is -4.46. The molecule has 13 nitrogen and oxygen atoms in total. The van der Waals surface area contributed by atoms with E-state index in [1.165, 1.54) is 19.2 Å². The first-order chi connectivity index (χ1) is 25.8. The number of hydrogen-bond donors (Lipinski definition) is 2. The fourth-order valence-corrected chi connectivity index (χ4v) is 8.44. The Morgan fingerprint density at radius 2 is 1.87 bits per heavy atom. The molecule has 6 atom stereocenters. The van der Waals surface area contributed by atoms with Crippen LogP contribution >= 0.6 is 0 Å². The number of amides is 1. The summed E-state index contributed by atoms with van der Waals surface area (Å²) >= 11 is 0. The van der Waals surface area contributed by atoms with Crippen LogP contribution in [0.3, 0.4) is 0 Å². The van der Waals surface area contributed by atoms with Gasteiger partial charge in [0.2, 0.25) is 5.79 Å². The van der Waals surface area contributed by atoms with E-state index in [2.05, 4.69) is 17.8 Å². The first-order valence-electron chi connectivity index (χ1n) is 18.7. The van der Waals surface area contributed by atoms with Crippen molar-refractivity contribution in [2.24, 2.45) is 22.9 Å². The van der Waals surface area contributed by atoms with Crippen LogP contribution in [0.5, 0.6) is 17.2 Å². The molecular formula is C40H53N3O10. The number of nitrogens with zero attached hydrogens (tertiary/aromatic N) is 3. The summed E-state index contributed by atoms with van der Waals surface area (Å²) in [6.07, 6.45) is 8.88. The number of carbonyl (C=O) groups is 1. The summed E-state index contributed by atoms with van der Waals surface area (Å²) in [4.78, 5) is 32.0. The number of oxime groups is 1. The molecule has 5 rings (SSSR count). The van der Waals surface area contributed by atoms with Gasteiger partial charge in [0.25, 0.3) is 5.69 Å². The molecule has 13 heteroatoms. The van der Waals surface area contributed by atoms with Crippen molar-refractivity contribution in [2.75, 3.05) is 40.1 Å². The largest absolute Gasteiger partial charge is 0.459 e. The van der Waals surface area contributed by atoms with Gasteiger partial charge in [0.05, 0.1) is 35.8 Å². The molecule has 1 aliphatic heterocycles. The van der Waals surface area contributed by atoms with E-state index in [0.717, 1.165) is 36.8 Å². The van der Waals surface area contributed by atoms with Gasteiger partial charge in [0.1, 0.15) is 30.4 Å². The molecule has 2 aliphatic carbocycles. The standard InChI is InChI=1S/C40H53N3O10/c1-5-19-42(39(46)50-7-3)36-26-34(41-49-4)32-23-27(13-8-10-20-44)31(16-9-11-21-45)37-33-25-30(52-29-15-12-14-28(24-29)43(47)48)17-18-35(33)53-40(36,38(32)37)51-22-6-2/h6,12,14-15,17-18,23-25,27,31,36-38,44-45H,2,5,7-11,13,16,19-22,26H2,1,3-4H3/t27-,31+,36-,37+,38+,40+/m0/s1. The van der Waals surface area contributed by atoms with Crippen molar-refractivity contribution < 1.29 is 43.7 Å². The number of unbranched alkanes of at least 4 members (excludes halogenated alkanes) is 2. The van der Waals surface area contributed by atoms with Crippen molar-refractivity contribution >= 4 is 17.5 Å². The molecule has 0 saturated heterocycles. The molecule has 0 unspecified atom stereocenters. The number of non-ortho nitro benzene ring substituents is 1. The fourth-order valence-electron chi connectivity index (χ4n) is 8.44. The summed E-state index contributed by atoms with van der Waals surface area (Å²) < 4.78 is 25.9. The second-order valence-electron chi connectivity index (χ2n) is 13.7. The lowest BCUT2D eigenvalue weighted by Crippen LogP contribution is -2.70. The summed E-state index contributed by atoms with van der Waals surface area (Å²) in [5, 5.41) is 35.6. The number of hydrogen-bond acceptors (Lipinski definition) is 11. The van der Waals surface area contributed by atoms with Gasteiger partial charge in [-0.2, -0.15) is 0 Å². The average Bonchev–Trinajstić information content (AvgIpc) is 3.15. The van der Waals surface area contributed by atoms with E-state index in [4.69, 9.17) is 23.8 Å². The van der Waals surface area contributed by atoms with Crippen molar-refractivity contribution in [2.45, 2.75) is 83.0 Å². The third-order valence-corrected chi connectivity index (χ3v) is 10.5. The number of rotatable bonds is 19. The summed E-state index contributed by atoms with van der Waals surface area (Å²) in [7, 11) is 1.51. The Labute approximate surface area is 311 Å². The van der Waals surface area contributed by atoms with Crippen LogP contribution in [0.1, 0.15) is 76.7 Å². The van der Waals surface area contributed by atoms with Gasteiger partial charge in [-0.25, -0.2) is 4.79 Å². The zero-order valence-corrected chi connectivity index (χ0v) is 31.0. The van der Waals surface area contributed by atoms with Crippen LogP contribution in [0.25, 0.3) is 0 Å². The molecule has 0 radical (unpaired) electrons. The molecule has 2 N–H and O–H groups in total.